The summed E-state index contributed by atoms with van der Waals surface area (Å²) in [6.07, 6.45) is 4.37. The van der Waals surface area contributed by atoms with Crippen LogP contribution in [0.25, 0.3) is 11.4 Å². The van der Waals surface area contributed by atoms with Crippen molar-refractivity contribution < 1.29 is 0 Å². The van der Waals surface area contributed by atoms with Crippen molar-refractivity contribution in [2.24, 2.45) is 0 Å². The standard InChI is InChI=1S/C12H11Cl2N3/c1-3-8-6-15-5-4-9(8)12-16-10(13)7(2)11(14)17-12/h4-6H,3H2,1-2H3. The molecule has 0 aliphatic carbocycles. The van der Waals surface area contributed by atoms with Crippen LogP contribution in [-0.4, -0.2) is 15.0 Å². The third-order valence-electron chi connectivity index (χ3n) is 2.55. The lowest BCUT2D eigenvalue weighted by Crippen LogP contribution is -1.97. The summed E-state index contributed by atoms with van der Waals surface area (Å²) in [4.78, 5) is 12.6. The van der Waals surface area contributed by atoms with E-state index in [1.165, 1.54) is 0 Å². The Kier molecular flexibility index (Phi) is 3.60. The van der Waals surface area contributed by atoms with Crippen LogP contribution in [0.3, 0.4) is 0 Å². The molecule has 0 N–H and O–H groups in total. The fourth-order valence-corrected chi connectivity index (χ4v) is 1.90. The maximum absolute atomic E-state index is 6.01. The molecule has 0 saturated heterocycles. The Balaban J connectivity index is 2.61. The van der Waals surface area contributed by atoms with Crippen LogP contribution in [0.4, 0.5) is 0 Å². The number of nitrogens with zero attached hydrogens (tertiary/aromatic N) is 3. The summed E-state index contributed by atoms with van der Waals surface area (Å²) in [5.74, 6) is 0.546. The van der Waals surface area contributed by atoms with E-state index in [-0.39, 0.29) is 0 Å². The Labute approximate surface area is 110 Å². The minimum atomic E-state index is 0.388. The zero-order chi connectivity index (χ0) is 12.4. The van der Waals surface area contributed by atoms with Gasteiger partial charge in [-0.3, -0.25) is 4.98 Å². The maximum Gasteiger partial charge on any atom is 0.162 e. The first-order valence-corrected chi connectivity index (χ1v) is 6.02. The van der Waals surface area contributed by atoms with E-state index in [1.807, 2.05) is 6.07 Å². The Hall–Kier alpha value is -1.19. The molecule has 0 unspecified atom stereocenters. The van der Waals surface area contributed by atoms with Gasteiger partial charge in [0.05, 0.1) is 0 Å². The summed E-state index contributed by atoms with van der Waals surface area (Å²) in [6.45, 7) is 3.85. The molecule has 5 heteroatoms. The molecular weight excluding hydrogens is 257 g/mol. The third kappa shape index (κ3) is 2.40. The summed E-state index contributed by atoms with van der Waals surface area (Å²) in [6, 6.07) is 1.87. The molecule has 0 spiro atoms. The molecule has 0 fully saturated rings. The molecule has 88 valence electrons. The Morgan fingerprint density at radius 1 is 1.18 bits per heavy atom. The number of hydrogen-bond donors (Lipinski definition) is 0. The zero-order valence-electron chi connectivity index (χ0n) is 9.54. The van der Waals surface area contributed by atoms with Gasteiger partial charge in [0.1, 0.15) is 10.3 Å². The first-order valence-electron chi connectivity index (χ1n) is 5.26. The monoisotopic (exact) mass is 267 g/mol. The fourth-order valence-electron chi connectivity index (χ4n) is 1.51. The molecule has 0 aliphatic heterocycles. The molecule has 0 atom stereocenters. The summed E-state index contributed by atoms with van der Waals surface area (Å²) in [5.41, 5.74) is 2.69. The largest absolute Gasteiger partial charge is 0.264 e. The molecule has 2 heterocycles. The zero-order valence-corrected chi connectivity index (χ0v) is 11.0. The van der Waals surface area contributed by atoms with Gasteiger partial charge in [-0.15, -0.1) is 0 Å². The SMILES string of the molecule is CCc1cnccc1-c1nc(Cl)c(C)c(Cl)n1. The predicted octanol–water partition coefficient (Wildman–Crippen LogP) is 3.72. The van der Waals surface area contributed by atoms with Crippen LogP contribution in [-0.2, 0) is 6.42 Å². The van der Waals surface area contributed by atoms with Crippen molar-refractivity contribution in [1.29, 1.82) is 0 Å². The van der Waals surface area contributed by atoms with Crippen LogP contribution in [0.1, 0.15) is 18.1 Å². The third-order valence-corrected chi connectivity index (χ3v) is 3.29. The molecule has 0 amide bonds. The Bertz CT molecular complexity index is 532. The van der Waals surface area contributed by atoms with Gasteiger partial charge < -0.3 is 0 Å². The molecule has 3 nitrogen and oxygen atoms in total. The average molecular weight is 268 g/mol. The number of halogens is 2. The van der Waals surface area contributed by atoms with Gasteiger partial charge in [-0.2, -0.15) is 0 Å². The van der Waals surface area contributed by atoms with Crippen molar-refractivity contribution in [2.75, 3.05) is 0 Å². The predicted molar refractivity (Wildman–Crippen MR) is 69.4 cm³/mol. The summed E-state index contributed by atoms with van der Waals surface area (Å²) >= 11 is 12.0. The minimum absolute atomic E-state index is 0.388. The number of aryl methyl sites for hydroxylation is 1. The average Bonchev–Trinajstić information content (AvgIpc) is 2.35. The molecule has 0 radical (unpaired) electrons. The molecular formula is C12H11Cl2N3. The van der Waals surface area contributed by atoms with Crippen LogP contribution < -0.4 is 0 Å². The molecule has 2 aromatic rings. The Morgan fingerprint density at radius 2 is 1.82 bits per heavy atom. The van der Waals surface area contributed by atoms with Crippen LogP contribution in [0.5, 0.6) is 0 Å². The lowest BCUT2D eigenvalue weighted by Gasteiger charge is -2.07. The van der Waals surface area contributed by atoms with Crippen molar-refractivity contribution in [1.82, 2.24) is 15.0 Å². The highest BCUT2D eigenvalue weighted by Gasteiger charge is 2.11. The molecule has 17 heavy (non-hydrogen) atoms. The quantitative estimate of drug-likeness (QED) is 0.779. The number of hydrogen-bond acceptors (Lipinski definition) is 3. The second kappa shape index (κ2) is 4.98. The minimum Gasteiger partial charge on any atom is -0.264 e. The highest BCUT2D eigenvalue weighted by molar-refractivity contribution is 6.34. The summed E-state index contributed by atoms with van der Waals surface area (Å²) in [5, 5.41) is 0.776. The van der Waals surface area contributed by atoms with Crippen molar-refractivity contribution >= 4 is 23.2 Å². The van der Waals surface area contributed by atoms with Crippen LogP contribution in [0.2, 0.25) is 10.3 Å². The number of rotatable bonds is 2. The number of aromatic nitrogens is 3. The van der Waals surface area contributed by atoms with Gasteiger partial charge in [0.2, 0.25) is 0 Å². The summed E-state index contributed by atoms with van der Waals surface area (Å²) < 4.78 is 0. The van der Waals surface area contributed by atoms with Crippen LogP contribution >= 0.6 is 23.2 Å². The van der Waals surface area contributed by atoms with E-state index >= 15 is 0 Å². The van der Waals surface area contributed by atoms with Gasteiger partial charge in [-0.05, 0) is 25.0 Å². The van der Waals surface area contributed by atoms with E-state index in [0.717, 1.165) is 17.5 Å². The van der Waals surface area contributed by atoms with Gasteiger partial charge in [-0.25, -0.2) is 9.97 Å². The second-order valence-electron chi connectivity index (χ2n) is 3.64. The molecule has 0 aliphatic rings. The lowest BCUT2D eigenvalue weighted by molar-refractivity contribution is 1.07. The molecule has 0 aromatic carbocycles. The van der Waals surface area contributed by atoms with E-state index < -0.39 is 0 Å². The molecule has 2 rings (SSSR count). The van der Waals surface area contributed by atoms with Gasteiger partial charge in [0, 0.05) is 23.5 Å². The van der Waals surface area contributed by atoms with Crippen molar-refractivity contribution in [3.8, 4) is 11.4 Å². The smallest absolute Gasteiger partial charge is 0.162 e. The van der Waals surface area contributed by atoms with E-state index in [0.29, 0.717) is 21.7 Å². The van der Waals surface area contributed by atoms with E-state index in [1.54, 1.807) is 19.3 Å². The van der Waals surface area contributed by atoms with Gasteiger partial charge >= 0.3 is 0 Å². The Morgan fingerprint density at radius 3 is 2.41 bits per heavy atom. The van der Waals surface area contributed by atoms with Crippen LogP contribution in [0, 0.1) is 6.92 Å². The first kappa shape index (κ1) is 12.3. The first-order chi connectivity index (χ1) is 8.13. The van der Waals surface area contributed by atoms with E-state index in [4.69, 9.17) is 23.2 Å². The van der Waals surface area contributed by atoms with Crippen molar-refractivity contribution in [3.63, 3.8) is 0 Å². The van der Waals surface area contributed by atoms with Gasteiger partial charge in [0.25, 0.3) is 0 Å². The molecule has 0 saturated carbocycles. The van der Waals surface area contributed by atoms with Crippen molar-refractivity contribution in [3.05, 3.63) is 39.9 Å². The van der Waals surface area contributed by atoms with E-state index in [9.17, 15) is 0 Å². The normalized spacial score (nSPS) is 10.6. The number of pyridine rings is 1. The highest BCUT2D eigenvalue weighted by atomic mass is 35.5. The highest BCUT2D eigenvalue weighted by Crippen LogP contribution is 2.26. The molecule has 2 aromatic heterocycles. The second-order valence-corrected chi connectivity index (χ2v) is 4.36. The molecule has 0 bridgehead atoms. The lowest BCUT2D eigenvalue weighted by atomic mass is 10.1. The van der Waals surface area contributed by atoms with E-state index in [2.05, 4.69) is 21.9 Å². The maximum atomic E-state index is 6.01. The van der Waals surface area contributed by atoms with Crippen LogP contribution in [0.15, 0.2) is 18.5 Å². The fraction of sp³-hybridized carbons (Fsp3) is 0.250. The summed E-state index contributed by atoms with van der Waals surface area (Å²) in [7, 11) is 0. The topological polar surface area (TPSA) is 38.7 Å². The van der Waals surface area contributed by atoms with Gasteiger partial charge in [-0.1, -0.05) is 30.1 Å². The van der Waals surface area contributed by atoms with Gasteiger partial charge in [0.15, 0.2) is 5.82 Å². The van der Waals surface area contributed by atoms with Crippen molar-refractivity contribution in [2.45, 2.75) is 20.3 Å².